The van der Waals surface area contributed by atoms with Crippen molar-refractivity contribution >= 4 is 17.5 Å². The minimum Gasteiger partial charge on any atom is -0.388 e. The zero-order chi connectivity index (χ0) is 20.6. The second-order valence-electron chi connectivity index (χ2n) is 7.46. The summed E-state index contributed by atoms with van der Waals surface area (Å²) in [4.78, 5) is 14.4. The molecule has 2 fully saturated rings. The lowest BCUT2D eigenvalue weighted by atomic mass is 10.1. The number of benzene rings is 1. The third-order valence-electron chi connectivity index (χ3n) is 5.27. The summed E-state index contributed by atoms with van der Waals surface area (Å²) in [7, 11) is 0. The molecule has 2 aliphatic heterocycles. The smallest absolute Gasteiger partial charge is 0.222 e. The van der Waals surface area contributed by atoms with Crippen molar-refractivity contribution in [2.45, 2.75) is 37.4 Å². The summed E-state index contributed by atoms with van der Waals surface area (Å²) >= 11 is 5.97. The highest BCUT2D eigenvalue weighted by atomic mass is 35.5. The van der Waals surface area contributed by atoms with Crippen LogP contribution in [0.5, 0.6) is 0 Å². The van der Waals surface area contributed by atoms with Crippen LogP contribution in [0.2, 0.25) is 5.02 Å². The van der Waals surface area contributed by atoms with Crippen molar-refractivity contribution in [1.29, 1.82) is 0 Å². The maximum atomic E-state index is 12.2. The third-order valence-corrected chi connectivity index (χ3v) is 5.50. The van der Waals surface area contributed by atoms with Crippen LogP contribution in [0.3, 0.4) is 0 Å². The molecular weight excluding hydrogens is 398 g/mol. The zero-order valence-electron chi connectivity index (χ0n) is 16.4. The number of aliphatic hydroxyl groups excluding tert-OH is 2. The van der Waals surface area contributed by atoms with Gasteiger partial charge in [-0.2, -0.15) is 0 Å². The molecule has 0 saturated carbocycles. The van der Waals surface area contributed by atoms with Crippen LogP contribution in [0.1, 0.15) is 12.0 Å². The van der Waals surface area contributed by atoms with Crippen molar-refractivity contribution in [3.05, 3.63) is 34.9 Å². The predicted octanol–water partition coefficient (Wildman–Crippen LogP) is -0.243. The standard InChI is InChI=1S/C20H30ClN3O5/c21-15-3-1-2-14(10-15)12-22-13-17-20(27)19(26)16(29-17)11-18(25)23-4-5-24-6-8-28-9-7-24/h1-3,10,16-17,19-20,22,26-27H,4-9,11-13H2,(H,23,25). The van der Waals surface area contributed by atoms with Crippen molar-refractivity contribution in [3.8, 4) is 0 Å². The Morgan fingerprint density at radius 1 is 1.21 bits per heavy atom. The van der Waals surface area contributed by atoms with Crippen molar-refractivity contribution in [3.63, 3.8) is 0 Å². The Kier molecular flexibility index (Phi) is 8.68. The summed E-state index contributed by atoms with van der Waals surface area (Å²) in [6.45, 7) is 5.42. The SMILES string of the molecule is O=C(CC1OC(CNCc2cccc(Cl)c2)C(O)C1O)NCCN1CCOCC1. The van der Waals surface area contributed by atoms with E-state index in [2.05, 4.69) is 15.5 Å². The maximum absolute atomic E-state index is 12.2. The van der Waals surface area contributed by atoms with Gasteiger partial charge < -0.3 is 30.3 Å². The van der Waals surface area contributed by atoms with E-state index >= 15 is 0 Å². The number of hydrogen-bond acceptors (Lipinski definition) is 7. The van der Waals surface area contributed by atoms with Gasteiger partial charge in [-0.3, -0.25) is 9.69 Å². The highest BCUT2D eigenvalue weighted by Crippen LogP contribution is 2.23. The number of nitrogens with one attached hydrogen (secondary N) is 2. The lowest BCUT2D eigenvalue weighted by Crippen LogP contribution is -2.42. The van der Waals surface area contributed by atoms with Gasteiger partial charge in [-0.15, -0.1) is 0 Å². The minimum atomic E-state index is -1.09. The van der Waals surface area contributed by atoms with E-state index in [0.717, 1.165) is 38.4 Å². The second kappa shape index (κ2) is 11.2. The van der Waals surface area contributed by atoms with E-state index in [1.807, 2.05) is 24.3 Å². The maximum Gasteiger partial charge on any atom is 0.222 e. The van der Waals surface area contributed by atoms with Crippen molar-refractivity contribution in [1.82, 2.24) is 15.5 Å². The van der Waals surface area contributed by atoms with Gasteiger partial charge in [0.15, 0.2) is 0 Å². The Morgan fingerprint density at radius 2 is 1.97 bits per heavy atom. The van der Waals surface area contributed by atoms with Crippen LogP contribution in [0.4, 0.5) is 0 Å². The van der Waals surface area contributed by atoms with Gasteiger partial charge in [-0.1, -0.05) is 23.7 Å². The molecule has 4 atom stereocenters. The number of morpholine rings is 1. The fourth-order valence-electron chi connectivity index (χ4n) is 3.60. The monoisotopic (exact) mass is 427 g/mol. The third kappa shape index (κ3) is 6.89. The number of aliphatic hydroxyl groups is 2. The van der Waals surface area contributed by atoms with Crippen LogP contribution in [-0.4, -0.2) is 91.4 Å². The van der Waals surface area contributed by atoms with Gasteiger partial charge >= 0.3 is 0 Å². The fraction of sp³-hybridized carbons (Fsp3) is 0.650. The van der Waals surface area contributed by atoms with Gasteiger partial charge in [0.25, 0.3) is 0 Å². The van der Waals surface area contributed by atoms with Gasteiger partial charge in [-0.05, 0) is 17.7 Å². The van der Waals surface area contributed by atoms with Gasteiger partial charge in [0.2, 0.25) is 5.91 Å². The number of hydrogen-bond donors (Lipinski definition) is 4. The quantitative estimate of drug-likeness (QED) is 0.431. The molecule has 4 N–H and O–H groups in total. The van der Waals surface area contributed by atoms with Gasteiger partial charge in [0.05, 0.1) is 31.8 Å². The molecule has 0 aromatic heterocycles. The Labute approximate surface area is 176 Å². The van der Waals surface area contributed by atoms with E-state index in [4.69, 9.17) is 21.1 Å². The number of halogens is 1. The molecule has 1 aromatic carbocycles. The van der Waals surface area contributed by atoms with E-state index in [1.54, 1.807) is 0 Å². The summed E-state index contributed by atoms with van der Waals surface area (Å²) in [6.07, 6.45) is -3.39. The molecular formula is C20H30ClN3O5. The lowest BCUT2D eigenvalue weighted by Gasteiger charge is -2.26. The van der Waals surface area contributed by atoms with E-state index < -0.39 is 24.4 Å². The fourth-order valence-corrected chi connectivity index (χ4v) is 3.81. The molecule has 29 heavy (non-hydrogen) atoms. The number of nitrogens with zero attached hydrogens (tertiary/aromatic N) is 1. The zero-order valence-corrected chi connectivity index (χ0v) is 17.2. The van der Waals surface area contributed by atoms with Crippen LogP contribution < -0.4 is 10.6 Å². The van der Waals surface area contributed by atoms with Crippen LogP contribution in [-0.2, 0) is 20.8 Å². The van der Waals surface area contributed by atoms with Crippen LogP contribution >= 0.6 is 11.6 Å². The summed E-state index contributed by atoms with van der Waals surface area (Å²) in [5.41, 5.74) is 1.02. The average molecular weight is 428 g/mol. The number of amides is 1. The number of rotatable bonds is 9. The molecule has 2 heterocycles. The first-order valence-corrected chi connectivity index (χ1v) is 10.4. The average Bonchev–Trinajstić information content (AvgIpc) is 2.97. The molecule has 4 unspecified atom stereocenters. The molecule has 2 saturated heterocycles. The number of carbonyl (C=O) groups excluding carboxylic acids is 1. The summed E-state index contributed by atoms with van der Waals surface area (Å²) in [5, 5.41) is 27.2. The van der Waals surface area contributed by atoms with E-state index in [0.29, 0.717) is 24.7 Å². The van der Waals surface area contributed by atoms with Gasteiger partial charge in [0.1, 0.15) is 12.2 Å². The molecule has 162 valence electrons. The molecule has 3 rings (SSSR count). The summed E-state index contributed by atoms with van der Waals surface area (Å²) in [6, 6.07) is 7.49. The van der Waals surface area contributed by atoms with E-state index in [-0.39, 0.29) is 12.3 Å². The topological polar surface area (TPSA) is 103 Å². The first-order valence-electron chi connectivity index (χ1n) is 10.1. The predicted molar refractivity (Wildman–Crippen MR) is 109 cm³/mol. The summed E-state index contributed by atoms with van der Waals surface area (Å²) in [5.74, 6) is -0.193. The van der Waals surface area contributed by atoms with Crippen molar-refractivity contribution in [2.75, 3.05) is 45.9 Å². The first-order chi connectivity index (χ1) is 14.0. The highest BCUT2D eigenvalue weighted by Gasteiger charge is 2.43. The van der Waals surface area contributed by atoms with Crippen LogP contribution in [0.25, 0.3) is 0 Å². The van der Waals surface area contributed by atoms with Crippen LogP contribution in [0.15, 0.2) is 24.3 Å². The molecule has 0 radical (unpaired) electrons. The van der Waals surface area contributed by atoms with E-state index in [9.17, 15) is 15.0 Å². The molecule has 1 aromatic rings. The Morgan fingerprint density at radius 3 is 2.72 bits per heavy atom. The van der Waals surface area contributed by atoms with Crippen LogP contribution in [0, 0.1) is 0 Å². The normalized spacial score (nSPS) is 27.8. The highest BCUT2D eigenvalue weighted by molar-refractivity contribution is 6.30. The van der Waals surface area contributed by atoms with Crippen molar-refractivity contribution < 1.29 is 24.5 Å². The van der Waals surface area contributed by atoms with Crippen molar-refractivity contribution in [2.24, 2.45) is 0 Å². The molecule has 8 nitrogen and oxygen atoms in total. The molecule has 0 aliphatic carbocycles. The largest absolute Gasteiger partial charge is 0.388 e. The molecule has 2 aliphatic rings. The van der Waals surface area contributed by atoms with Gasteiger partial charge in [-0.25, -0.2) is 0 Å². The van der Waals surface area contributed by atoms with E-state index in [1.165, 1.54) is 0 Å². The summed E-state index contributed by atoms with van der Waals surface area (Å²) < 4.78 is 11.0. The first kappa shape index (κ1) is 22.4. The number of carbonyl (C=O) groups is 1. The lowest BCUT2D eigenvalue weighted by molar-refractivity contribution is -0.125. The number of ether oxygens (including phenoxy) is 2. The minimum absolute atomic E-state index is 0.0200. The molecule has 1 amide bonds. The Balaban J connectivity index is 1.36. The molecule has 0 bridgehead atoms. The Bertz CT molecular complexity index is 659. The second-order valence-corrected chi connectivity index (χ2v) is 7.90. The molecule has 9 heteroatoms. The van der Waals surface area contributed by atoms with Gasteiger partial charge in [0, 0.05) is 44.3 Å². The Hall–Kier alpha value is -1.26. The molecule has 0 spiro atoms.